The molecule has 4 heteroatoms. The largest absolute Gasteiger partial charge is 0.509 e. The summed E-state index contributed by atoms with van der Waals surface area (Å²) in [5, 5.41) is 0.931. The van der Waals surface area contributed by atoms with E-state index in [1.165, 1.54) is 13.2 Å². The number of ether oxygens (including phenoxy) is 1. The van der Waals surface area contributed by atoms with E-state index >= 15 is 0 Å². The molecule has 0 amide bonds. The van der Waals surface area contributed by atoms with Crippen LogP contribution in [-0.2, 0) is 4.74 Å². The molecule has 0 aliphatic heterocycles. The molecule has 0 aliphatic rings. The topological polar surface area (TPSA) is 30.6 Å². The van der Waals surface area contributed by atoms with Gasteiger partial charge in [0.1, 0.15) is 0 Å². The molecule has 0 heterocycles. The average molecular weight is 232 g/mol. The molecule has 0 fully saturated rings. The lowest BCUT2D eigenvalue weighted by Crippen LogP contribution is -1.94. The number of benzene rings is 1. The van der Waals surface area contributed by atoms with Crippen LogP contribution < -0.4 is 0 Å². The quantitative estimate of drug-likeness (QED) is 0.437. The molecule has 1 rings (SSSR count). The fraction of sp³-hybridized carbons (Fsp3) is 0.100. The lowest BCUT2D eigenvalue weighted by molar-refractivity contribution is 0.359. The number of halogens is 2. The van der Waals surface area contributed by atoms with E-state index in [9.17, 15) is 0 Å². The molecule has 0 unspecified atom stereocenters. The molecule has 14 heavy (non-hydrogen) atoms. The van der Waals surface area contributed by atoms with Crippen molar-refractivity contribution in [1.82, 2.24) is 0 Å². The fourth-order valence-electron chi connectivity index (χ4n) is 0.878. The van der Waals surface area contributed by atoms with Gasteiger partial charge in [0, 0.05) is 0 Å². The van der Waals surface area contributed by atoms with Crippen molar-refractivity contribution in [1.29, 1.82) is 0 Å². The van der Waals surface area contributed by atoms with Crippen LogP contribution in [0.3, 0.4) is 0 Å². The Morgan fingerprint density at radius 2 is 2.14 bits per heavy atom. The van der Waals surface area contributed by atoms with E-state index in [1.807, 2.05) is 0 Å². The summed E-state index contributed by atoms with van der Waals surface area (Å²) in [6.45, 7) is 0. The van der Waals surface area contributed by atoms with Crippen molar-refractivity contribution in [3.63, 3.8) is 0 Å². The molecular weight excluding hydrogens is 223 g/mol. The van der Waals surface area contributed by atoms with Gasteiger partial charge in [-0.25, -0.2) is 0 Å². The van der Waals surface area contributed by atoms with Crippen LogP contribution >= 0.6 is 23.2 Å². The molecule has 0 atom stereocenters. The average Bonchev–Trinajstić information content (AvgIpc) is 2.20. The van der Waals surface area contributed by atoms with E-state index in [0.29, 0.717) is 10.0 Å². The van der Waals surface area contributed by atoms with E-state index in [-0.39, 0.29) is 5.97 Å². The van der Waals surface area contributed by atoms with Crippen molar-refractivity contribution in [3.05, 3.63) is 39.9 Å². The van der Waals surface area contributed by atoms with Gasteiger partial charge in [-0.15, -0.1) is 0 Å². The second-order valence-electron chi connectivity index (χ2n) is 2.52. The summed E-state index contributed by atoms with van der Waals surface area (Å²) in [4.78, 5) is 9.01. The fourth-order valence-corrected chi connectivity index (χ4v) is 1.25. The molecule has 1 aromatic rings. The summed E-state index contributed by atoms with van der Waals surface area (Å²) >= 11 is 11.7. The maximum absolute atomic E-state index is 9.01. The second kappa shape index (κ2) is 5.03. The molecule has 0 spiro atoms. The van der Waals surface area contributed by atoms with Crippen molar-refractivity contribution >= 4 is 35.2 Å². The van der Waals surface area contributed by atoms with E-state index in [1.54, 1.807) is 24.3 Å². The van der Waals surface area contributed by atoms with E-state index in [2.05, 4.69) is 4.74 Å². The number of methoxy groups -OCH3 is 1. The van der Waals surface area contributed by atoms with Crippen LogP contribution in [0.1, 0.15) is 5.56 Å². The number of rotatable bonds is 2. The van der Waals surface area contributed by atoms with Gasteiger partial charge in [-0.2, -0.15) is 0 Å². The van der Waals surface area contributed by atoms with Gasteiger partial charge in [0.05, 0.1) is 16.1 Å². The first-order valence-corrected chi connectivity index (χ1v) is 4.62. The molecule has 1 aromatic carbocycles. The molecule has 0 bridgehead atoms. The molecule has 0 aliphatic carbocycles. The van der Waals surface area contributed by atoms with Gasteiger partial charge in [-0.3, -0.25) is 0 Å². The summed E-state index contributed by atoms with van der Waals surface area (Å²) in [5.41, 5.74) is 0.725. The monoisotopic (exact) mass is 231 g/mol. The summed E-state index contributed by atoms with van der Waals surface area (Å²) < 4.78 is 4.55. The zero-order valence-electron chi connectivity index (χ0n) is 7.50. The maximum Gasteiger partial charge on any atom is 0.509 e. The van der Waals surface area contributed by atoms with E-state index in [4.69, 9.17) is 28.0 Å². The molecule has 0 radical (unpaired) electrons. The summed E-state index contributed by atoms with van der Waals surface area (Å²) in [6.07, 6.45) is 3.02. The van der Waals surface area contributed by atoms with Crippen LogP contribution in [-0.4, -0.2) is 17.9 Å². The third-order valence-corrected chi connectivity index (χ3v) is 2.43. The minimum absolute atomic E-state index is 0.180. The Balaban J connectivity index is 2.92. The Morgan fingerprint density at radius 3 is 2.79 bits per heavy atom. The highest BCUT2D eigenvalue weighted by molar-refractivity contribution is 6.42. The van der Waals surface area contributed by atoms with Crippen molar-refractivity contribution in [3.8, 4) is 0 Å². The van der Waals surface area contributed by atoms with Gasteiger partial charge in [-0.1, -0.05) is 35.3 Å². The van der Waals surface area contributed by atoms with Crippen LogP contribution in [0.5, 0.6) is 0 Å². The highest BCUT2D eigenvalue weighted by atomic mass is 35.5. The van der Waals surface area contributed by atoms with Crippen molar-refractivity contribution in [2.45, 2.75) is 0 Å². The number of carbonyl (C=O) groups excluding carboxylic acids is 1. The standard InChI is InChI=1S/C10H8Cl2O2/c1-14-9(13)6-5-7-3-2-4-8(11)10(7)12/h2-6H,1H3/p+1/b6-5+. The third kappa shape index (κ3) is 2.76. The first-order chi connectivity index (χ1) is 6.65. The van der Waals surface area contributed by atoms with Crippen LogP contribution in [0.2, 0.25) is 10.0 Å². The first-order valence-electron chi connectivity index (χ1n) is 3.87. The van der Waals surface area contributed by atoms with Crippen LogP contribution in [0.15, 0.2) is 24.3 Å². The number of hydrogen-bond donors (Lipinski definition) is 0. The van der Waals surface area contributed by atoms with Gasteiger partial charge in [-0.05, 0) is 17.7 Å². The van der Waals surface area contributed by atoms with Gasteiger partial charge < -0.3 is 9.53 Å². The second-order valence-corrected chi connectivity index (χ2v) is 3.30. The van der Waals surface area contributed by atoms with Crippen LogP contribution in [0.25, 0.3) is 6.08 Å². The van der Waals surface area contributed by atoms with Gasteiger partial charge in [0.15, 0.2) is 7.11 Å². The Hall–Kier alpha value is -0.990. The zero-order valence-corrected chi connectivity index (χ0v) is 9.01. The summed E-state index contributed by atoms with van der Waals surface area (Å²) in [6, 6.07) is 5.26. The van der Waals surface area contributed by atoms with Crippen LogP contribution in [0, 0.1) is 0 Å². The lowest BCUT2D eigenvalue weighted by Gasteiger charge is -1.98. The SMILES string of the molecule is COC(=[OH+])/C=C/c1cccc(Cl)c1Cl. The van der Waals surface area contributed by atoms with Crippen molar-refractivity contribution in [2.24, 2.45) is 0 Å². The molecule has 0 saturated carbocycles. The summed E-state index contributed by atoms with van der Waals surface area (Å²) in [7, 11) is 1.37. The number of hydrogen-bond acceptors (Lipinski definition) is 1. The Kier molecular flexibility index (Phi) is 3.98. The van der Waals surface area contributed by atoms with Crippen molar-refractivity contribution < 1.29 is 9.53 Å². The van der Waals surface area contributed by atoms with Gasteiger partial charge in [0.2, 0.25) is 0 Å². The maximum atomic E-state index is 9.01. The van der Waals surface area contributed by atoms with Crippen LogP contribution in [0.4, 0.5) is 0 Å². The first kappa shape index (κ1) is 11.1. The minimum atomic E-state index is -0.180. The third-order valence-electron chi connectivity index (χ3n) is 1.60. The minimum Gasteiger partial charge on any atom is -0.335 e. The highest BCUT2D eigenvalue weighted by Gasteiger charge is 2.04. The van der Waals surface area contributed by atoms with Crippen molar-refractivity contribution in [2.75, 3.05) is 7.11 Å². The highest BCUT2D eigenvalue weighted by Crippen LogP contribution is 2.26. The molecular formula is C10H9Cl2O2+. The smallest absolute Gasteiger partial charge is 0.335 e. The number of esters is 1. The van der Waals surface area contributed by atoms with Gasteiger partial charge >= 0.3 is 5.97 Å². The van der Waals surface area contributed by atoms with E-state index < -0.39 is 0 Å². The molecule has 1 N–H and O–H groups in total. The lowest BCUT2D eigenvalue weighted by atomic mass is 10.2. The van der Waals surface area contributed by atoms with E-state index in [0.717, 1.165) is 5.56 Å². The molecule has 0 aromatic heterocycles. The predicted molar refractivity (Wildman–Crippen MR) is 59.4 cm³/mol. The zero-order chi connectivity index (χ0) is 10.6. The Bertz CT molecular complexity index is 372. The summed E-state index contributed by atoms with van der Waals surface area (Å²) in [5.74, 6) is -0.180. The molecule has 74 valence electrons. The van der Waals surface area contributed by atoms with Gasteiger partial charge in [0.25, 0.3) is 0 Å². The predicted octanol–water partition coefficient (Wildman–Crippen LogP) is 3.16. The Labute approximate surface area is 92.1 Å². The normalized spacial score (nSPS) is 10.5. The Morgan fingerprint density at radius 1 is 1.43 bits per heavy atom. The molecule has 2 nitrogen and oxygen atoms in total. The molecule has 0 saturated heterocycles.